The van der Waals surface area contributed by atoms with Crippen molar-refractivity contribution in [3.63, 3.8) is 0 Å². The van der Waals surface area contributed by atoms with Crippen LogP contribution in [0.4, 0.5) is 14.9 Å². The number of benzene rings is 1. The van der Waals surface area contributed by atoms with Gasteiger partial charge in [0.2, 0.25) is 5.82 Å². The second-order valence-electron chi connectivity index (χ2n) is 5.83. The lowest BCUT2D eigenvalue weighted by atomic mass is 10.1. The first kappa shape index (κ1) is 17.8. The monoisotopic (exact) mass is 313 g/mol. The Bertz CT molecular complexity index is 558. The molecule has 1 atom stereocenters. The predicted octanol–water partition coefficient (Wildman–Crippen LogP) is 2.13. The molecule has 0 spiro atoms. The Balaban J connectivity index is 2.76. The van der Waals surface area contributed by atoms with Gasteiger partial charge in [-0.05, 0) is 38.8 Å². The lowest BCUT2D eigenvalue weighted by Gasteiger charge is -2.23. The zero-order valence-electron chi connectivity index (χ0n) is 12.8. The van der Waals surface area contributed by atoms with E-state index in [0.717, 1.165) is 12.1 Å². The van der Waals surface area contributed by atoms with E-state index in [1.54, 1.807) is 20.8 Å². The summed E-state index contributed by atoms with van der Waals surface area (Å²) in [6, 6.07) is 3.10. The second-order valence-corrected chi connectivity index (χ2v) is 5.83. The number of ether oxygens (including phenoxy) is 1. The third-order valence-corrected chi connectivity index (χ3v) is 2.69. The fourth-order valence-corrected chi connectivity index (χ4v) is 1.78. The van der Waals surface area contributed by atoms with Gasteiger partial charge in [-0.2, -0.15) is 4.39 Å². The van der Waals surface area contributed by atoms with Gasteiger partial charge in [0.15, 0.2) is 0 Å². The summed E-state index contributed by atoms with van der Waals surface area (Å²) in [7, 11) is 0. The highest BCUT2D eigenvalue weighted by Gasteiger charge is 2.20. The van der Waals surface area contributed by atoms with Crippen LogP contribution in [0.2, 0.25) is 0 Å². The van der Waals surface area contributed by atoms with E-state index < -0.39 is 34.2 Å². The summed E-state index contributed by atoms with van der Waals surface area (Å²) in [6.45, 7) is 5.30. The maximum absolute atomic E-state index is 13.3. The van der Waals surface area contributed by atoms with E-state index in [9.17, 15) is 19.3 Å². The standard InChI is InChI=1S/C14H20FN3O4/c1-14(2,3)22-13(19)17-10(8-16)6-9-4-5-11(15)12(7-9)18(20)21/h4-5,7,10H,6,8,16H2,1-3H3,(H,17,19). The molecule has 0 bridgehead atoms. The highest BCUT2D eigenvalue weighted by molar-refractivity contribution is 5.68. The molecule has 0 radical (unpaired) electrons. The number of amides is 1. The minimum Gasteiger partial charge on any atom is -0.444 e. The van der Waals surface area contributed by atoms with Crippen LogP contribution in [0.1, 0.15) is 26.3 Å². The van der Waals surface area contributed by atoms with E-state index in [-0.39, 0.29) is 13.0 Å². The lowest BCUT2D eigenvalue weighted by Crippen LogP contribution is -2.44. The molecular weight excluding hydrogens is 293 g/mol. The minimum absolute atomic E-state index is 0.115. The van der Waals surface area contributed by atoms with E-state index in [4.69, 9.17) is 10.5 Å². The minimum atomic E-state index is -0.904. The lowest BCUT2D eigenvalue weighted by molar-refractivity contribution is -0.387. The highest BCUT2D eigenvalue weighted by Crippen LogP contribution is 2.19. The van der Waals surface area contributed by atoms with E-state index in [0.29, 0.717) is 5.56 Å². The summed E-state index contributed by atoms with van der Waals surface area (Å²) < 4.78 is 18.4. The average molecular weight is 313 g/mol. The Kier molecular flexibility index (Phi) is 5.81. The van der Waals surface area contributed by atoms with E-state index in [2.05, 4.69) is 5.32 Å². The number of nitrogens with one attached hydrogen (secondary N) is 1. The molecule has 1 rings (SSSR count). The molecule has 0 aromatic heterocycles. The zero-order chi connectivity index (χ0) is 16.9. The summed E-state index contributed by atoms with van der Waals surface area (Å²) in [5.74, 6) is -0.904. The maximum atomic E-state index is 13.3. The van der Waals surface area contributed by atoms with Crippen molar-refractivity contribution in [3.05, 3.63) is 39.7 Å². The van der Waals surface area contributed by atoms with Gasteiger partial charge in [0.25, 0.3) is 0 Å². The topological polar surface area (TPSA) is 107 Å². The number of alkyl carbamates (subject to hydrolysis) is 1. The van der Waals surface area contributed by atoms with Crippen LogP contribution in [0.3, 0.4) is 0 Å². The molecule has 0 heterocycles. The van der Waals surface area contributed by atoms with Crippen molar-refractivity contribution in [1.29, 1.82) is 0 Å². The van der Waals surface area contributed by atoms with Gasteiger partial charge < -0.3 is 15.8 Å². The van der Waals surface area contributed by atoms with Crippen LogP contribution in [0.5, 0.6) is 0 Å². The molecule has 8 heteroatoms. The number of hydrogen-bond donors (Lipinski definition) is 2. The maximum Gasteiger partial charge on any atom is 0.407 e. The number of nitro benzene ring substituents is 1. The van der Waals surface area contributed by atoms with Crippen LogP contribution in [0.15, 0.2) is 18.2 Å². The second kappa shape index (κ2) is 7.17. The smallest absolute Gasteiger partial charge is 0.407 e. The van der Waals surface area contributed by atoms with Crippen molar-refractivity contribution in [2.75, 3.05) is 6.54 Å². The normalized spacial score (nSPS) is 12.6. The van der Waals surface area contributed by atoms with Gasteiger partial charge in [-0.25, -0.2) is 4.79 Å². The Morgan fingerprint density at radius 3 is 2.64 bits per heavy atom. The summed E-state index contributed by atoms with van der Waals surface area (Å²) in [6.07, 6.45) is -0.392. The number of carbonyl (C=O) groups is 1. The molecule has 22 heavy (non-hydrogen) atoms. The van der Waals surface area contributed by atoms with E-state index in [1.807, 2.05) is 0 Å². The third-order valence-electron chi connectivity index (χ3n) is 2.69. The molecule has 1 unspecified atom stereocenters. The van der Waals surface area contributed by atoms with Gasteiger partial charge >= 0.3 is 11.8 Å². The third kappa shape index (κ3) is 5.65. The van der Waals surface area contributed by atoms with Gasteiger partial charge in [0.05, 0.1) is 4.92 Å². The van der Waals surface area contributed by atoms with Gasteiger partial charge in [0.1, 0.15) is 5.60 Å². The van der Waals surface area contributed by atoms with Crippen molar-refractivity contribution in [2.45, 2.75) is 38.8 Å². The van der Waals surface area contributed by atoms with E-state index in [1.165, 1.54) is 6.07 Å². The molecule has 0 aliphatic rings. The summed E-state index contributed by atoms with van der Waals surface area (Å²) in [4.78, 5) is 21.6. The van der Waals surface area contributed by atoms with Crippen LogP contribution in [0, 0.1) is 15.9 Å². The molecule has 1 aromatic carbocycles. The van der Waals surface area contributed by atoms with Crippen molar-refractivity contribution >= 4 is 11.8 Å². The molecule has 1 aromatic rings. The Hall–Kier alpha value is -2.22. The number of carbonyl (C=O) groups excluding carboxylic acids is 1. The first-order valence-electron chi connectivity index (χ1n) is 6.75. The molecule has 0 aliphatic carbocycles. The first-order valence-corrected chi connectivity index (χ1v) is 6.75. The molecular formula is C14H20FN3O4. The molecule has 0 fully saturated rings. The average Bonchev–Trinajstić information content (AvgIpc) is 2.37. The van der Waals surface area contributed by atoms with Crippen LogP contribution in [-0.4, -0.2) is 29.2 Å². The SMILES string of the molecule is CC(C)(C)OC(=O)NC(CN)Cc1ccc(F)c([N+](=O)[O-])c1. The molecule has 0 saturated heterocycles. The van der Waals surface area contributed by atoms with Gasteiger partial charge in [-0.3, -0.25) is 10.1 Å². The zero-order valence-corrected chi connectivity index (χ0v) is 12.8. The summed E-state index contributed by atoms with van der Waals surface area (Å²) >= 11 is 0. The van der Waals surface area contributed by atoms with Gasteiger partial charge in [-0.1, -0.05) is 6.07 Å². The van der Waals surface area contributed by atoms with Crippen LogP contribution in [-0.2, 0) is 11.2 Å². The molecule has 122 valence electrons. The van der Waals surface area contributed by atoms with Crippen molar-refractivity contribution in [1.82, 2.24) is 5.32 Å². The molecule has 0 saturated carbocycles. The Labute approximate surface area is 127 Å². The Morgan fingerprint density at radius 2 is 2.14 bits per heavy atom. The number of nitrogens with zero attached hydrogens (tertiary/aromatic N) is 1. The first-order chi connectivity index (χ1) is 10.1. The quantitative estimate of drug-likeness (QED) is 0.639. The van der Waals surface area contributed by atoms with Crippen LogP contribution < -0.4 is 11.1 Å². The molecule has 3 N–H and O–H groups in total. The fourth-order valence-electron chi connectivity index (χ4n) is 1.78. The number of hydrogen-bond acceptors (Lipinski definition) is 5. The number of nitro groups is 1. The van der Waals surface area contributed by atoms with Crippen LogP contribution >= 0.6 is 0 Å². The Morgan fingerprint density at radius 1 is 1.50 bits per heavy atom. The molecule has 7 nitrogen and oxygen atoms in total. The molecule has 0 aliphatic heterocycles. The fraction of sp³-hybridized carbons (Fsp3) is 0.500. The number of nitrogens with two attached hydrogens (primary N) is 1. The van der Waals surface area contributed by atoms with Gasteiger partial charge in [-0.15, -0.1) is 0 Å². The van der Waals surface area contributed by atoms with Crippen molar-refractivity contribution < 1.29 is 18.8 Å². The predicted molar refractivity (Wildman–Crippen MR) is 79.0 cm³/mol. The highest BCUT2D eigenvalue weighted by atomic mass is 19.1. The van der Waals surface area contributed by atoms with Gasteiger partial charge in [0, 0.05) is 18.7 Å². The largest absolute Gasteiger partial charge is 0.444 e. The number of halogens is 1. The van der Waals surface area contributed by atoms with E-state index >= 15 is 0 Å². The summed E-state index contributed by atoms with van der Waals surface area (Å²) in [5.41, 5.74) is 4.83. The summed E-state index contributed by atoms with van der Waals surface area (Å²) in [5, 5.41) is 13.3. The van der Waals surface area contributed by atoms with Crippen LogP contribution in [0.25, 0.3) is 0 Å². The van der Waals surface area contributed by atoms with Crippen molar-refractivity contribution in [2.24, 2.45) is 5.73 Å². The number of rotatable bonds is 5. The van der Waals surface area contributed by atoms with Crippen molar-refractivity contribution in [3.8, 4) is 0 Å². The molecule has 1 amide bonds.